The van der Waals surface area contributed by atoms with E-state index in [1.165, 1.54) is 11.3 Å². The zero-order valence-electron chi connectivity index (χ0n) is 10.2. The summed E-state index contributed by atoms with van der Waals surface area (Å²) in [6.45, 7) is 7.39. The highest BCUT2D eigenvalue weighted by molar-refractivity contribution is 5.57. The number of nitrogens with zero attached hydrogens (tertiary/aromatic N) is 3. The zero-order valence-corrected chi connectivity index (χ0v) is 10.2. The lowest BCUT2D eigenvalue weighted by molar-refractivity contribution is 0.862. The van der Waals surface area contributed by atoms with Crippen molar-refractivity contribution in [3.05, 3.63) is 35.5 Å². The molecule has 0 fully saturated rings. The average molecular weight is 227 g/mol. The quantitative estimate of drug-likeness (QED) is 0.742. The van der Waals surface area contributed by atoms with Crippen LogP contribution in [-0.2, 0) is 12.8 Å². The van der Waals surface area contributed by atoms with Gasteiger partial charge >= 0.3 is 0 Å². The Kier molecular flexibility index (Phi) is 3.43. The lowest BCUT2D eigenvalue weighted by Crippen LogP contribution is -2.25. The molecule has 1 aromatic heterocycles. The van der Waals surface area contributed by atoms with Gasteiger partial charge in [-0.05, 0) is 37.8 Å². The average Bonchev–Trinajstić information content (AvgIpc) is 2.81. The lowest BCUT2D eigenvalue weighted by Gasteiger charge is -2.22. The Morgan fingerprint density at radius 2 is 2.41 bits per heavy atom. The molecule has 3 nitrogen and oxygen atoms in total. The Morgan fingerprint density at radius 1 is 1.59 bits per heavy atom. The summed E-state index contributed by atoms with van der Waals surface area (Å²) < 4.78 is 0. The molecule has 0 radical (unpaired) electrons. The third-order valence-corrected chi connectivity index (χ3v) is 3.18. The van der Waals surface area contributed by atoms with E-state index in [0.717, 1.165) is 38.2 Å². The van der Waals surface area contributed by atoms with E-state index in [0.29, 0.717) is 5.56 Å². The number of pyridine rings is 1. The standard InChI is InChI=1S/C14H17N3/c1-3-8-17(4-2)14-12(10-15)9-11-6-5-7-13(11)16-14/h3,9H,1,4-8H2,2H3. The highest BCUT2D eigenvalue weighted by Gasteiger charge is 2.18. The summed E-state index contributed by atoms with van der Waals surface area (Å²) in [6.07, 6.45) is 5.11. The molecule has 88 valence electrons. The molecule has 0 unspecified atom stereocenters. The topological polar surface area (TPSA) is 39.9 Å². The number of hydrogen-bond acceptors (Lipinski definition) is 3. The highest BCUT2D eigenvalue weighted by Crippen LogP contribution is 2.26. The minimum Gasteiger partial charge on any atom is -0.352 e. The Labute approximate surface area is 102 Å². The molecule has 0 aromatic carbocycles. The van der Waals surface area contributed by atoms with E-state index in [4.69, 9.17) is 0 Å². The van der Waals surface area contributed by atoms with Crippen molar-refractivity contribution in [2.24, 2.45) is 0 Å². The molecule has 0 aliphatic heterocycles. The van der Waals surface area contributed by atoms with Crippen molar-refractivity contribution in [3.8, 4) is 6.07 Å². The van der Waals surface area contributed by atoms with Crippen molar-refractivity contribution in [2.75, 3.05) is 18.0 Å². The molecule has 1 aromatic rings. The number of rotatable bonds is 4. The van der Waals surface area contributed by atoms with Gasteiger partial charge in [0.25, 0.3) is 0 Å². The largest absolute Gasteiger partial charge is 0.352 e. The van der Waals surface area contributed by atoms with Crippen molar-refractivity contribution in [2.45, 2.75) is 26.2 Å². The van der Waals surface area contributed by atoms with Crippen LogP contribution in [0.4, 0.5) is 5.82 Å². The van der Waals surface area contributed by atoms with Crippen LogP contribution in [0.25, 0.3) is 0 Å². The van der Waals surface area contributed by atoms with Crippen molar-refractivity contribution >= 4 is 5.82 Å². The molecule has 0 spiro atoms. The van der Waals surface area contributed by atoms with Crippen LogP contribution >= 0.6 is 0 Å². The van der Waals surface area contributed by atoms with Gasteiger partial charge in [-0.15, -0.1) is 6.58 Å². The number of likely N-dealkylation sites (N-methyl/N-ethyl adjacent to an activating group) is 1. The summed E-state index contributed by atoms with van der Waals surface area (Å²) in [4.78, 5) is 6.76. The van der Waals surface area contributed by atoms with Gasteiger partial charge in [0.05, 0.1) is 5.56 Å². The minimum absolute atomic E-state index is 0.689. The molecule has 17 heavy (non-hydrogen) atoms. The van der Waals surface area contributed by atoms with Crippen molar-refractivity contribution in [3.63, 3.8) is 0 Å². The number of hydrogen-bond donors (Lipinski definition) is 0. The maximum Gasteiger partial charge on any atom is 0.147 e. The van der Waals surface area contributed by atoms with Crippen LogP contribution in [0, 0.1) is 11.3 Å². The first kappa shape index (κ1) is 11.7. The molecule has 3 heteroatoms. The summed E-state index contributed by atoms with van der Waals surface area (Å²) in [7, 11) is 0. The SMILES string of the molecule is C=CCN(CC)c1nc2c(cc1C#N)CCC2. The third-order valence-electron chi connectivity index (χ3n) is 3.18. The molecule has 0 amide bonds. The molecule has 0 bridgehead atoms. The molecule has 0 N–H and O–H groups in total. The normalized spacial score (nSPS) is 12.9. The van der Waals surface area contributed by atoms with Gasteiger partial charge in [-0.25, -0.2) is 4.98 Å². The van der Waals surface area contributed by atoms with E-state index in [1.54, 1.807) is 0 Å². The summed E-state index contributed by atoms with van der Waals surface area (Å²) in [5, 5.41) is 9.22. The van der Waals surface area contributed by atoms with E-state index in [-0.39, 0.29) is 0 Å². The second-order valence-electron chi connectivity index (χ2n) is 4.26. The number of aromatic nitrogens is 1. The Bertz CT molecular complexity index is 471. The number of fused-ring (bicyclic) bond motifs is 1. The van der Waals surface area contributed by atoms with Crippen LogP contribution in [0.1, 0.15) is 30.2 Å². The number of anilines is 1. The Balaban J connectivity index is 2.45. The van der Waals surface area contributed by atoms with Gasteiger partial charge < -0.3 is 4.90 Å². The molecule has 0 saturated carbocycles. The van der Waals surface area contributed by atoms with Gasteiger partial charge in [-0.1, -0.05) is 6.08 Å². The Hall–Kier alpha value is -1.82. The predicted molar refractivity (Wildman–Crippen MR) is 69.1 cm³/mol. The van der Waals surface area contributed by atoms with E-state index in [9.17, 15) is 5.26 Å². The first-order chi connectivity index (χ1) is 8.30. The van der Waals surface area contributed by atoms with Gasteiger partial charge in [0.1, 0.15) is 11.9 Å². The van der Waals surface area contributed by atoms with E-state index in [2.05, 4.69) is 29.5 Å². The highest BCUT2D eigenvalue weighted by atomic mass is 15.2. The third kappa shape index (κ3) is 2.16. The molecule has 0 saturated heterocycles. The van der Waals surface area contributed by atoms with Crippen LogP contribution in [0.15, 0.2) is 18.7 Å². The molecular formula is C14H17N3. The first-order valence-electron chi connectivity index (χ1n) is 6.08. The molecule has 1 aliphatic carbocycles. The smallest absolute Gasteiger partial charge is 0.147 e. The van der Waals surface area contributed by atoms with Crippen molar-refractivity contribution in [1.82, 2.24) is 4.98 Å². The second kappa shape index (κ2) is 5.01. The summed E-state index contributed by atoms with van der Waals surface area (Å²) in [5.74, 6) is 0.815. The molecule has 2 rings (SSSR count). The van der Waals surface area contributed by atoms with Gasteiger partial charge in [0.2, 0.25) is 0 Å². The maximum absolute atomic E-state index is 9.22. The molecular weight excluding hydrogens is 210 g/mol. The molecule has 1 aliphatic rings. The zero-order chi connectivity index (χ0) is 12.3. The van der Waals surface area contributed by atoms with Crippen molar-refractivity contribution < 1.29 is 0 Å². The Morgan fingerprint density at radius 3 is 3.06 bits per heavy atom. The van der Waals surface area contributed by atoms with Gasteiger partial charge in [-0.2, -0.15) is 5.26 Å². The van der Waals surface area contributed by atoms with Gasteiger partial charge in [0.15, 0.2) is 0 Å². The van der Waals surface area contributed by atoms with Crippen LogP contribution < -0.4 is 4.90 Å². The van der Waals surface area contributed by atoms with E-state index < -0.39 is 0 Å². The molecule has 1 heterocycles. The fourth-order valence-electron chi connectivity index (χ4n) is 2.31. The van der Waals surface area contributed by atoms with Gasteiger partial charge in [0, 0.05) is 18.8 Å². The monoisotopic (exact) mass is 227 g/mol. The minimum atomic E-state index is 0.689. The van der Waals surface area contributed by atoms with Crippen LogP contribution in [-0.4, -0.2) is 18.1 Å². The number of nitriles is 1. The van der Waals surface area contributed by atoms with Crippen LogP contribution in [0.5, 0.6) is 0 Å². The fraction of sp³-hybridized carbons (Fsp3) is 0.429. The summed E-state index contributed by atoms with van der Waals surface area (Å²) in [5.41, 5.74) is 3.11. The van der Waals surface area contributed by atoms with Crippen molar-refractivity contribution in [1.29, 1.82) is 5.26 Å². The fourth-order valence-corrected chi connectivity index (χ4v) is 2.31. The van der Waals surface area contributed by atoms with Crippen LogP contribution in [0.3, 0.4) is 0 Å². The lowest BCUT2D eigenvalue weighted by atomic mass is 10.1. The summed E-state index contributed by atoms with van der Waals surface area (Å²) >= 11 is 0. The first-order valence-corrected chi connectivity index (χ1v) is 6.08. The van der Waals surface area contributed by atoms with Gasteiger partial charge in [-0.3, -0.25) is 0 Å². The second-order valence-corrected chi connectivity index (χ2v) is 4.26. The number of aryl methyl sites for hydroxylation is 2. The maximum atomic E-state index is 9.22. The van der Waals surface area contributed by atoms with E-state index >= 15 is 0 Å². The van der Waals surface area contributed by atoms with Crippen LogP contribution in [0.2, 0.25) is 0 Å². The van der Waals surface area contributed by atoms with E-state index in [1.807, 2.05) is 12.1 Å². The predicted octanol–water partition coefficient (Wildman–Crippen LogP) is 2.45. The molecule has 0 atom stereocenters. The summed E-state index contributed by atoms with van der Waals surface area (Å²) in [6, 6.07) is 4.27.